The Kier molecular flexibility index (Phi) is 12.9. The molecule has 5 fully saturated rings. The Balaban J connectivity index is 1.35. The predicted molar refractivity (Wildman–Crippen MR) is 209 cm³/mol. The second-order valence-corrected chi connectivity index (χ2v) is 17.4. The summed E-state index contributed by atoms with van der Waals surface area (Å²) in [5.74, 6) is -5.03. The van der Waals surface area contributed by atoms with Crippen molar-refractivity contribution in [1.29, 1.82) is 0 Å². The van der Waals surface area contributed by atoms with Crippen LogP contribution in [0.3, 0.4) is 0 Å². The summed E-state index contributed by atoms with van der Waals surface area (Å²) in [6.45, 7) is 12.2. The van der Waals surface area contributed by atoms with Gasteiger partial charge in [-0.3, -0.25) is 48.8 Å². The Hall–Kier alpha value is -4.57. The minimum absolute atomic E-state index is 0.00727. The summed E-state index contributed by atoms with van der Waals surface area (Å²) in [6.07, 6.45) is 13.9. The van der Waals surface area contributed by atoms with Gasteiger partial charge in [-0.15, -0.1) is 6.58 Å². The van der Waals surface area contributed by atoms with E-state index in [9.17, 15) is 24.0 Å². The van der Waals surface area contributed by atoms with Crippen molar-refractivity contribution in [2.75, 3.05) is 13.1 Å². The maximum absolute atomic E-state index is 15.4. The van der Waals surface area contributed by atoms with E-state index in [1.807, 2.05) is 6.92 Å². The van der Waals surface area contributed by atoms with E-state index in [2.05, 4.69) is 48.0 Å². The third-order valence-electron chi connectivity index (χ3n) is 12.3. The molecule has 2 aliphatic carbocycles. The number of hydrogen-bond donors (Lipinski definition) is 5. The van der Waals surface area contributed by atoms with Crippen LogP contribution in [0.4, 0.5) is 0 Å². The van der Waals surface area contributed by atoms with Crippen LogP contribution in [0.15, 0.2) is 31.2 Å². The van der Waals surface area contributed by atoms with Crippen molar-refractivity contribution in [2.45, 2.75) is 153 Å². The lowest BCUT2D eigenvalue weighted by Gasteiger charge is -2.42. The number of nitrogens with zero attached hydrogens (tertiary/aromatic N) is 4. The fourth-order valence-electron chi connectivity index (χ4n) is 9.25. The lowest BCUT2D eigenvalue weighted by molar-refractivity contribution is -0.148. The van der Waals surface area contributed by atoms with Crippen molar-refractivity contribution in [2.24, 2.45) is 11.3 Å². The van der Waals surface area contributed by atoms with Gasteiger partial charge in [0.2, 0.25) is 23.4 Å². The van der Waals surface area contributed by atoms with Gasteiger partial charge in [0.05, 0.1) is 18.3 Å². The van der Waals surface area contributed by atoms with Gasteiger partial charge in [-0.05, 0) is 62.7 Å². The van der Waals surface area contributed by atoms with Crippen LogP contribution < -0.4 is 26.6 Å². The monoisotopic (exact) mass is 789 g/mol. The molecular formula is C41H59N9O7. The number of likely N-dealkylation sites (tertiary alicyclic amines) is 1. The lowest BCUT2D eigenvalue weighted by atomic mass is 9.82. The number of ketones is 2. The van der Waals surface area contributed by atoms with Gasteiger partial charge in [-0.2, -0.15) is 0 Å². The third kappa shape index (κ3) is 8.66. The van der Waals surface area contributed by atoms with Crippen molar-refractivity contribution in [3.05, 3.63) is 36.9 Å². The van der Waals surface area contributed by atoms with Crippen molar-refractivity contribution in [3.8, 4) is 0 Å². The van der Waals surface area contributed by atoms with Gasteiger partial charge in [0.25, 0.3) is 17.7 Å². The van der Waals surface area contributed by atoms with E-state index in [1.54, 1.807) is 26.8 Å². The van der Waals surface area contributed by atoms with Gasteiger partial charge in [0, 0.05) is 37.6 Å². The molecule has 310 valence electrons. The van der Waals surface area contributed by atoms with Gasteiger partial charge in [0.15, 0.2) is 11.7 Å². The molecule has 0 radical (unpaired) electrons. The topological polar surface area (TPSA) is 212 Å². The highest BCUT2D eigenvalue weighted by molar-refractivity contribution is 6.38. The molecule has 1 aromatic heterocycles. The van der Waals surface area contributed by atoms with Crippen LogP contribution in [0.25, 0.3) is 0 Å². The Bertz CT molecular complexity index is 1720. The third-order valence-corrected chi connectivity index (χ3v) is 12.3. The summed E-state index contributed by atoms with van der Waals surface area (Å²) in [4.78, 5) is 111. The first-order valence-corrected chi connectivity index (χ1v) is 20.7. The molecule has 4 heterocycles. The number of hydrogen-bond acceptors (Lipinski definition) is 11. The molecule has 5 N–H and O–H groups in total. The maximum atomic E-state index is 15.4. The molecular weight excluding hydrogens is 731 g/mol. The highest BCUT2D eigenvalue weighted by Gasteiger charge is 2.69. The summed E-state index contributed by atoms with van der Waals surface area (Å²) in [5.41, 5.74) is -2.33. The van der Waals surface area contributed by atoms with E-state index in [4.69, 9.17) is 0 Å². The average molecular weight is 790 g/mol. The summed E-state index contributed by atoms with van der Waals surface area (Å²) < 4.78 is 0. The van der Waals surface area contributed by atoms with Crippen LogP contribution in [-0.2, 0) is 28.8 Å². The molecule has 3 aliphatic heterocycles. The smallest absolute Gasteiger partial charge is 0.289 e. The molecule has 3 saturated heterocycles. The molecule has 16 nitrogen and oxygen atoms in total. The van der Waals surface area contributed by atoms with Gasteiger partial charge in [-0.1, -0.05) is 59.5 Å². The number of Topliss-reactive ketones (excluding diaryl/α,β-unsaturated/α-hetero) is 2. The maximum Gasteiger partial charge on any atom is 0.289 e. The number of rotatable bonds is 15. The van der Waals surface area contributed by atoms with Crippen LogP contribution >= 0.6 is 0 Å². The second-order valence-electron chi connectivity index (χ2n) is 17.4. The molecule has 57 heavy (non-hydrogen) atoms. The molecule has 7 atom stereocenters. The predicted octanol–water partition coefficient (Wildman–Crippen LogP) is 1.31. The van der Waals surface area contributed by atoms with Gasteiger partial charge >= 0.3 is 0 Å². The fourth-order valence-corrected chi connectivity index (χ4v) is 9.25. The Morgan fingerprint density at radius 3 is 2.37 bits per heavy atom. The van der Waals surface area contributed by atoms with E-state index >= 15 is 9.59 Å². The SMILES string of the molecule is C=CCC1N(C(=O)[C@@H](NC(=O)[C@@H](NC(=O)c2cnccn2)C2CCCCC2)C(C)(C)C)[C@H](C(=O)NC(CCC)C(=O)C(=O)NC2CC2)C(=O)[C@@]12NC[C@@H]1CCCN12. The summed E-state index contributed by atoms with van der Waals surface area (Å²) in [6, 6.07) is -6.15. The number of fused-ring (bicyclic) bond motifs is 2. The van der Waals surface area contributed by atoms with E-state index in [0.717, 1.165) is 44.9 Å². The van der Waals surface area contributed by atoms with E-state index in [1.165, 1.54) is 23.5 Å². The van der Waals surface area contributed by atoms with Crippen molar-refractivity contribution >= 4 is 41.1 Å². The fraction of sp³-hybridized carbons (Fsp3) is 0.683. The molecule has 5 aliphatic rings. The number of nitrogens with one attached hydrogen (secondary N) is 5. The quantitative estimate of drug-likeness (QED) is 0.0972. The number of aromatic nitrogens is 2. The minimum atomic E-state index is -1.69. The Labute approximate surface area is 334 Å². The van der Waals surface area contributed by atoms with Crippen LogP contribution in [0.1, 0.15) is 115 Å². The average Bonchev–Trinajstić information content (AvgIpc) is 3.65. The van der Waals surface area contributed by atoms with Crippen molar-refractivity contribution in [1.82, 2.24) is 46.4 Å². The van der Waals surface area contributed by atoms with E-state index < -0.39 is 82.4 Å². The van der Waals surface area contributed by atoms with Gasteiger partial charge in [0.1, 0.15) is 17.8 Å². The summed E-state index contributed by atoms with van der Waals surface area (Å²) in [7, 11) is 0. The van der Waals surface area contributed by atoms with E-state index in [0.29, 0.717) is 32.4 Å². The van der Waals surface area contributed by atoms with Gasteiger partial charge < -0.3 is 26.2 Å². The van der Waals surface area contributed by atoms with Crippen molar-refractivity contribution < 1.29 is 33.6 Å². The summed E-state index contributed by atoms with van der Waals surface area (Å²) in [5, 5.41) is 14.7. The molecule has 6 rings (SSSR count). The first kappa shape index (κ1) is 42.0. The first-order chi connectivity index (χ1) is 27.2. The molecule has 2 saturated carbocycles. The molecule has 1 aromatic rings. The zero-order chi connectivity index (χ0) is 41.1. The Morgan fingerprint density at radius 2 is 1.74 bits per heavy atom. The largest absolute Gasteiger partial charge is 0.347 e. The Morgan fingerprint density at radius 1 is 1.00 bits per heavy atom. The van der Waals surface area contributed by atoms with E-state index in [-0.39, 0.29) is 36.5 Å². The second kappa shape index (κ2) is 17.5. The number of carbonyl (C=O) groups is 7. The number of amides is 5. The standard InChI is InChI=1S/C41H59N9O7/c1-6-12-27(32(51)38(56)45-25-17-18-25)46-37(55)31-34(52)41(44-22-26-16-11-21-49(26)41)29(13-7-2)50(31)39(57)33(40(3,4)5)48-36(54)30(24-14-9-8-10-15-24)47-35(53)28-23-42-19-20-43-28/h7,19-20,23-27,29-31,33,44H,2,6,8-18,21-22H2,1,3-5H3,(H,45,56)(H,46,55)(H,47,53)(H,48,54)/t26-,27?,29?,30-,31-,33+,41+/m0/s1. The van der Waals surface area contributed by atoms with Gasteiger partial charge in [-0.25, -0.2) is 4.98 Å². The van der Waals surface area contributed by atoms with Crippen molar-refractivity contribution in [3.63, 3.8) is 0 Å². The normalized spacial score (nSPS) is 26.6. The molecule has 5 amide bonds. The highest BCUT2D eigenvalue weighted by Crippen LogP contribution is 2.44. The first-order valence-electron chi connectivity index (χ1n) is 20.7. The summed E-state index contributed by atoms with van der Waals surface area (Å²) >= 11 is 0. The lowest BCUT2D eigenvalue weighted by Crippen LogP contribution is -2.65. The molecule has 0 bridgehead atoms. The molecule has 16 heteroatoms. The van der Waals surface area contributed by atoms with Crippen LogP contribution in [0.5, 0.6) is 0 Å². The highest BCUT2D eigenvalue weighted by atomic mass is 16.2. The number of carbonyl (C=O) groups excluding carboxylic acids is 7. The molecule has 2 unspecified atom stereocenters. The van der Waals surface area contributed by atoms with Crippen LogP contribution in [0, 0.1) is 11.3 Å². The molecule has 1 spiro atoms. The van der Waals surface area contributed by atoms with Crippen LogP contribution in [-0.4, -0.2) is 122 Å². The minimum Gasteiger partial charge on any atom is -0.347 e. The molecule has 0 aromatic carbocycles. The zero-order valence-corrected chi connectivity index (χ0v) is 33.7. The zero-order valence-electron chi connectivity index (χ0n) is 33.7. The van der Waals surface area contributed by atoms with Crippen LogP contribution in [0.2, 0.25) is 0 Å².